The third-order valence-electron chi connectivity index (χ3n) is 1.29. The van der Waals surface area contributed by atoms with Crippen LogP contribution in [0.3, 0.4) is 0 Å². The highest BCUT2D eigenvalue weighted by Gasteiger charge is 2.15. The number of nitrogens with zero attached hydrogens (tertiary/aromatic N) is 1. The average molecular weight is 153 g/mol. The lowest BCUT2D eigenvalue weighted by molar-refractivity contribution is -0.169. The van der Waals surface area contributed by atoms with Crippen LogP contribution in [0.15, 0.2) is 24.5 Å². The summed E-state index contributed by atoms with van der Waals surface area (Å²) >= 11 is 0. The molecular weight excluding hydrogens is 142 g/mol. The Morgan fingerprint density at radius 3 is 2.82 bits per heavy atom. The molecule has 0 aliphatic carbocycles. The number of hydrogen-bond acceptors (Lipinski definition) is 2. The van der Waals surface area contributed by atoms with Crippen LogP contribution in [0.4, 0.5) is 0 Å². The van der Waals surface area contributed by atoms with Crippen molar-refractivity contribution in [3.05, 3.63) is 24.5 Å². The third-order valence-corrected chi connectivity index (χ3v) is 1.29. The first-order valence-electron chi connectivity index (χ1n) is 3.55. The average Bonchev–Trinajstić information content (AvgIpc) is 2.13. The topological polar surface area (TPSA) is 29.5 Å². The van der Waals surface area contributed by atoms with E-state index in [9.17, 15) is 4.79 Å². The molecule has 1 aliphatic heterocycles. The summed E-state index contributed by atoms with van der Waals surface area (Å²) in [5.74, 6) is -0.120. The minimum Gasteiger partial charge on any atom is -0.384 e. The predicted octanol–water partition coefficient (Wildman–Crippen LogP) is 1.24. The van der Waals surface area contributed by atoms with Crippen molar-refractivity contribution < 1.29 is 9.63 Å². The quantitative estimate of drug-likeness (QED) is 0.567. The Morgan fingerprint density at radius 1 is 1.45 bits per heavy atom. The Morgan fingerprint density at radius 2 is 2.18 bits per heavy atom. The Kier molecular flexibility index (Phi) is 2.31. The standard InChI is InChI=1S/C8H11NO2/c1-7(2)9-8(10)5-3-4-6-11-9/h3-7H,1-2H3. The van der Waals surface area contributed by atoms with Gasteiger partial charge < -0.3 is 4.84 Å². The molecule has 0 bridgehead atoms. The largest absolute Gasteiger partial charge is 0.384 e. The van der Waals surface area contributed by atoms with Crippen molar-refractivity contribution in [2.45, 2.75) is 19.9 Å². The zero-order chi connectivity index (χ0) is 8.27. The monoisotopic (exact) mass is 153 g/mol. The molecule has 0 unspecified atom stereocenters. The van der Waals surface area contributed by atoms with Crippen molar-refractivity contribution in [1.82, 2.24) is 5.06 Å². The molecule has 1 amide bonds. The Labute approximate surface area is 65.9 Å². The molecule has 0 spiro atoms. The lowest BCUT2D eigenvalue weighted by Gasteiger charge is -2.21. The van der Waals surface area contributed by atoms with Gasteiger partial charge >= 0.3 is 0 Å². The van der Waals surface area contributed by atoms with Crippen LogP contribution in [0, 0.1) is 0 Å². The summed E-state index contributed by atoms with van der Waals surface area (Å²) in [4.78, 5) is 16.1. The van der Waals surface area contributed by atoms with E-state index in [1.165, 1.54) is 17.4 Å². The van der Waals surface area contributed by atoms with Crippen molar-refractivity contribution in [1.29, 1.82) is 0 Å². The molecule has 60 valence electrons. The van der Waals surface area contributed by atoms with E-state index in [4.69, 9.17) is 4.84 Å². The molecule has 0 radical (unpaired) electrons. The van der Waals surface area contributed by atoms with E-state index < -0.39 is 0 Å². The molecule has 1 heterocycles. The van der Waals surface area contributed by atoms with Crippen LogP contribution in [0.2, 0.25) is 0 Å². The van der Waals surface area contributed by atoms with Gasteiger partial charge in [0.25, 0.3) is 5.91 Å². The number of allylic oxidation sites excluding steroid dienone is 2. The van der Waals surface area contributed by atoms with Gasteiger partial charge in [-0.25, -0.2) is 0 Å². The second-order valence-electron chi connectivity index (χ2n) is 2.55. The van der Waals surface area contributed by atoms with Crippen LogP contribution in [-0.4, -0.2) is 17.0 Å². The highest BCUT2D eigenvalue weighted by atomic mass is 16.7. The summed E-state index contributed by atoms with van der Waals surface area (Å²) in [6.45, 7) is 3.79. The molecule has 0 N–H and O–H groups in total. The minimum atomic E-state index is -0.120. The maximum Gasteiger partial charge on any atom is 0.279 e. The molecular formula is C8H11NO2. The second-order valence-corrected chi connectivity index (χ2v) is 2.55. The zero-order valence-corrected chi connectivity index (χ0v) is 6.65. The highest BCUT2D eigenvalue weighted by Crippen LogP contribution is 2.04. The number of hydrogen-bond donors (Lipinski definition) is 0. The number of carbonyl (C=O) groups is 1. The zero-order valence-electron chi connectivity index (χ0n) is 6.65. The number of carbonyl (C=O) groups excluding carboxylic acids is 1. The molecule has 0 aromatic carbocycles. The van der Waals surface area contributed by atoms with E-state index in [0.717, 1.165) is 0 Å². The lowest BCUT2D eigenvalue weighted by Crippen LogP contribution is -2.33. The molecule has 0 aromatic heterocycles. The molecule has 3 nitrogen and oxygen atoms in total. The van der Waals surface area contributed by atoms with Gasteiger partial charge in [0.05, 0.1) is 6.04 Å². The summed E-state index contributed by atoms with van der Waals surface area (Å²) in [7, 11) is 0. The Hall–Kier alpha value is -1.25. The molecule has 0 aromatic rings. The van der Waals surface area contributed by atoms with Gasteiger partial charge in [-0.15, -0.1) is 0 Å². The van der Waals surface area contributed by atoms with Gasteiger partial charge in [0.2, 0.25) is 0 Å². The van der Waals surface area contributed by atoms with Crippen LogP contribution >= 0.6 is 0 Å². The van der Waals surface area contributed by atoms with Gasteiger partial charge in [-0.1, -0.05) is 6.08 Å². The molecule has 11 heavy (non-hydrogen) atoms. The van der Waals surface area contributed by atoms with E-state index in [0.29, 0.717) is 0 Å². The molecule has 1 aliphatic rings. The summed E-state index contributed by atoms with van der Waals surface area (Å²) in [5, 5.41) is 1.32. The molecule has 3 heteroatoms. The van der Waals surface area contributed by atoms with E-state index in [1.54, 1.807) is 12.2 Å². The van der Waals surface area contributed by atoms with Crippen LogP contribution in [-0.2, 0) is 9.63 Å². The van der Waals surface area contributed by atoms with Crippen LogP contribution in [0.5, 0.6) is 0 Å². The fourth-order valence-corrected chi connectivity index (χ4v) is 0.786. The first kappa shape index (κ1) is 7.85. The normalized spacial score (nSPS) is 17.0. The minimum absolute atomic E-state index is 0.0647. The van der Waals surface area contributed by atoms with Crippen molar-refractivity contribution in [2.24, 2.45) is 0 Å². The maximum absolute atomic E-state index is 11.1. The third kappa shape index (κ3) is 1.83. The number of hydroxylamine groups is 2. The van der Waals surface area contributed by atoms with Gasteiger partial charge in [-0.05, 0) is 19.9 Å². The first-order chi connectivity index (χ1) is 5.22. The van der Waals surface area contributed by atoms with Crippen molar-refractivity contribution in [3.63, 3.8) is 0 Å². The van der Waals surface area contributed by atoms with E-state index in [2.05, 4.69) is 0 Å². The maximum atomic E-state index is 11.1. The molecule has 0 fully saturated rings. The van der Waals surface area contributed by atoms with Gasteiger partial charge in [0.15, 0.2) is 0 Å². The SMILES string of the molecule is CC(C)N1OC=CC=CC1=O. The van der Waals surface area contributed by atoms with Gasteiger partial charge in [0.1, 0.15) is 6.26 Å². The van der Waals surface area contributed by atoms with Crippen LogP contribution in [0.1, 0.15) is 13.8 Å². The summed E-state index contributed by atoms with van der Waals surface area (Å²) < 4.78 is 0. The summed E-state index contributed by atoms with van der Waals surface area (Å²) in [6.07, 6.45) is 6.30. The molecule has 0 saturated heterocycles. The van der Waals surface area contributed by atoms with E-state index in [1.807, 2.05) is 13.8 Å². The first-order valence-corrected chi connectivity index (χ1v) is 3.55. The lowest BCUT2D eigenvalue weighted by atomic mass is 10.3. The Bertz CT molecular complexity index is 206. The van der Waals surface area contributed by atoms with Crippen molar-refractivity contribution in [3.8, 4) is 0 Å². The van der Waals surface area contributed by atoms with E-state index >= 15 is 0 Å². The fourth-order valence-electron chi connectivity index (χ4n) is 0.786. The number of rotatable bonds is 1. The summed E-state index contributed by atoms with van der Waals surface area (Å²) in [5.41, 5.74) is 0. The van der Waals surface area contributed by atoms with Gasteiger partial charge in [-0.2, -0.15) is 5.06 Å². The van der Waals surface area contributed by atoms with Crippen molar-refractivity contribution >= 4 is 5.91 Å². The van der Waals surface area contributed by atoms with Crippen LogP contribution in [0.25, 0.3) is 0 Å². The smallest absolute Gasteiger partial charge is 0.279 e. The van der Waals surface area contributed by atoms with Gasteiger partial charge in [0, 0.05) is 6.08 Å². The molecule has 1 rings (SSSR count). The second kappa shape index (κ2) is 3.23. The molecule has 0 atom stereocenters. The van der Waals surface area contributed by atoms with E-state index in [-0.39, 0.29) is 11.9 Å². The Balaban J connectivity index is 2.71. The fraction of sp³-hybridized carbons (Fsp3) is 0.375. The van der Waals surface area contributed by atoms with Crippen molar-refractivity contribution in [2.75, 3.05) is 0 Å². The summed E-state index contributed by atoms with van der Waals surface area (Å²) in [6, 6.07) is 0.0647. The highest BCUT2D eigenvalue weighted by molar-refractivity contribution is 5.87. The van der Waals surface area contributed by atoms with Gasteiger partial charge in [-0.3, -0.25) is 4.79 Å². The molecule has 0 saturated carbocycles. The van der Waals surface area contributed by atoms with Crippen LogP contribution < -0.4 is 0 Å². The predicted molar refractivity (Wildman–Crippen MR) is 41.3 cm³/mol. The number of amides is 1.